The molecule has 0 aromatic carbocycles. The van der Waals surface area contributed by atoms with Gasteiger partial charge in [0.25, 0.3) is 0 Å². The predicted octanol–water partition coefficient (Wildman–Crippen LogP) is 0.690. The Kier molecular flexibility index (Phi) is 8.57. The van der Waals surface area contributed by atoms with E-state index in [0.29, 0.717) is 13.0 Å². The quantitative estimate of drug-likeness (QED) is 0.450. The summed E-state index contributed by atoms with van der Waals surface area (Å²) >= 11 is 0. The van der Waals surface area contributed by atoms with E-state index in [9.17, 15) is 4.79 Å². The maximum absolute atomic E-state index is 11.1. The molecule has 0 bridgehead atoms. The van der Waals surface area contributed by atoms with Gasteiger partial charge in [-0.2, -0.15) is 0 Å². The number of hydrogen-bond donors (Lipinski definition) is 2. The lowest BCUT2D eigenvalue weighted by Gasteiger charge is -2.11. The van der Waals surface area contributed by atoms with Gasteiger partial charge in [-0.25, -0.2) is 0 Å². The third-order valence-corrected chi connectivity index (χ3v) is 1.92. The molecule has 0 saturated heterocycles. The maximum Gasteiger partial charge on any atom is 0.319 e. The Balaban J connectivity index is 3.34. The minimum Gasteiger partial charge on any atom is -0.465 e. The Morgan fingerprint density at radius 2 is 2.29 bits per heavy atom. The fraction of sp³-hybridized carbons (Fsp3) is 0.900. The van der Waals surface area contributed by atoms with Crippen LogP contribution in [0.3, 0.4) is 0 Å². The fourth-order valence-corrected chi connectivity index (χ4v) is 0.935. The van der Waals surface area contributed by atoms with E-state index in [-0.39, 0.29) is 25.2 Å². The summed E-state index contributed by atoms with van der Waals surface area (Å²) in [6.45, 7) is 4.85. The number of unbranched alkanes of at least 4 members (excludes halogenated alkanes) is 1. The topological polar surface area (TPSA) is 58.6 Å². The number of carbonyl (C=O) groups is 1. The number of aliphatic hydroxyl groups excluding tert-OH is 1. The molecule has 0 amide bonds. The highest BCUT2D eigenvalue weighted by atomic mass is 16.5. The molecule has 0 aliphatic rings. The molecular formula is C10H21NO3. The molecule has 4 nitrogen and oxygen atoms in total. The number of hydrogen-bond acceptors (Lipinski definition) is 4. The van der Waals surface area contributed by atoms with Crippen LogP contribution in [0.5, 0.6) is 0 Å². The average molecular weight is 203 g/mol. The normalized spacial score (nSPS) is 12.5. The molecule has 84 valence electrons. The van der Waals surface area contributed by atoms with Crippen molar-refractivity contribution in [1.29, 1.82) is 0 Å². The summed E-state index contributed by atoms with van der Waals surface area (Å²) in [6.07, 6.45) is 2.60. The second-order valence-corrected chi connectivity index (χ2v) is 3.37. The highest BCUT2D eigenvalue weighted by Crippen LogP contribution is 1.90. The van der Waals surface area contributed by atoms with Crippen molar-refractivity contribution < 1.29 is 14.6 Å². The van der Waals surface area contributed by atoms with Crippen LogP contribution in [0.1, 0.15) is 33.1 Å². The van der Waals surface area contributed by atoms with E-state index < -0.39 is 0 Å². The lowest BCUT2D eigenvalue weighted by Crippen LogP contribution is -2.33. The van der Waals surface area contributed by atoms with Gasteiger partial charge in [0.1, 0.15) is 0 Å². The summed E-state index contributed by atoms with van der Waals surface area (Å²) < 4.78 is 4.95. The van der Waals surface area contributed by atoms with E-state index in [1.807, 2.05) is 6.92 Å². The van der Waals surface area contributed by atoms with Crippen molar-refractivity contribution in [2.45, 2.75) is 39.2 Å². The Morgan fingerprint density at radius 3 is 2.86 bits per heavy atom. The summed E-state index contributed by atoms with van der Waals surface area (Å²) in [5, 5.41) is 11.6. The van der Waals surface area contributed by atoms with Crippen LogP contribution in [0.25, 0.3) is 0 Å². The molecule has 1 unspecified atom stereocenters. The van der Waals surface area contributed by atoms with Crippen molar-refractivity contribution in [3.63, 3.8) is 0 Å². The Bertz CT molecular complexity index is 150. The SMILES string of the molecule is CCCCOC(=O)CNC(C)CCO. The summed E-state index contributed by atoms with van der Waals surface area (Å²) in [6, 6.07) is 0.152. The van der Waals surface area contributed by atoms with Gasteiger partial charge in [-0.1, -0.05) is 13.3 Å². The second-order valence-electron chi connectivity index (χ2n) is 3.37. The molecule has 1 atom stereocenters. The van der Waals surface area contributed by atoms with Gasteiger partial charge in [0.05, 0.1) is 13.2 Å². The highest BCUT2D eigenvalue weighted by Gasteiger charge is 2.05. The molecule has 0 aromatic heterocycles. The monoisotopic (exact) mass is 203 g/mol. The number of aliphatic hydroxyl groups is 1. The standard InChI is InChI=1S/C10H21NO3/c1-3-4-7-14-10(13)8-11-9(2)5-6-12/h9,11-12H,3-8H2,1-2H3. The molecule has 0 fully saturated rings. The molecule has 2 N–H and O–H groups in total. The van der Waals surface area contributed by atoms with Crippen molar-refractivity contribution >= 4 is 5.97 Å². The fourth-order valence-electron chi connectivity index (χ4n) is 0.935. The molecule has 0 aliphatic carbocycles. The Labute approximate surface area is 85.6 Å². The van der Waals surface area contributed by atoms with E-state index in [4.69, 9.17) is 9.84 Å². The average Bonchev–Trinajstić information content (AvgIpc) is 2.16. The van der Waals surface area contributed by atoms with Gasteiger partial charge in [0.2, 0.25) is 0 Å². The molecule has 0 heterocycles. The van der Waals surface area contributed by atoms with E-state index in [0.717, 1.165) is 12.8 Å². The number of rotatable bonds is 8. The molecule has 0 aromatic rings. The van der Waals surface area contributed by atoms with Crippen LogP contribution >= 0.6 is 0 Å². The van der Waals surface area contributed by atoms with Crippen molar-refractivity contribution in [3.05, 3.63) is 0 Å². The third kappa shape index (κ3) is 8.01. The first kappa shape index (κ1) is 13.4. The Hall–Kier alpha value is -0.610. The van der Waals surface area contributed by atoms with E-state index in [1.165, 1.54) is 0 Å². The zero-order valence-electron chi connectivity index (χ0n) is 9.08. The van der Waals surface area contributed by atoms with Gasteiger partial charge in [0.15, 0.2) is 0 Å². The summed E-state index contributed by atoms with van der Waals surface area (Å²) in [5.74, 6) is -0.219. The van der Waals surface area contributed by atoms with Crippen LogP contribution in [0, 0.1) is 0 Å². The first-order valence-electron chi connectivity index (χ1n) is 5.20. The predicted molar refractivity (Wildman–Crippen MR) is 55.0 cm³/mol. The van der Waals surface area contributed by atoms with Gasteiger partial charge in [-0.3, -0.25) is 4.79 Å². The van der Waals surface area contributed by atoms with Gasteiger partial charge < -0.3 is 15.2 Å². The van der Waals surface area contributed by atoms with Gasteiger partial charge >= 0.3 is 5.97 Å². The van der Waals surface area contributed by atoms with E-state index in [1.54, 1.807) is 0 Å². The van der Waals surface area contributed by atoms with Gasteiger partial charge in [-0.05, 0) is 19.8 Å². The number of nitrogens with one attached hydrogen (secondary N) is 1. The van der Waals surface area contributed by atoms with Crippen LogP contribution in [-0.2, 0) is 9.53 Å². The zero-order chi connectivity index (χ0) is 10.8. The lowest BCUT2D eigenvalue weighted by atomic mass is 10.2. The molecular weight excluding hydrogens is 182 g/mol. The van der Waals surface area contributed by atoms with Crippen LogP contribution < -0.4 is 5.32 Å². The number of esters is 1. The van der Waals surface area contributed by atoms with Crippen LogP contribution in [0.2, 0.25) is 0 Å². The summed E-state index contributed by atoms with van der Waals surface area (Å²) in [4.78, 5) is 11.1. The first-order valence-corrected chi connectivity index (χ1v) is 5.20. The van der Waals surface area contributed by atoms with Crippen molar-refractivity contribution in [1.82, 2.24) is 5.32 Å². The second kappa shape index (κ2) is 8.97. The van der Waals surface area contributed by atoms with Crippen LogP contribution in [0.15, 0.2) is 0 Å². The molecule has 4 heteroatoms. The smallest absolute Gasteiger partial charge is 0.319 e. The van der Waals surface area contributed by atoms with Crippen molar-refractivity contribution in [2.75, 3.05) is 19.8 Å². The first-order chi connectivity index (χ1) is 6.70. The summed E-state index contributed by atoms with van der Waals surface area (Å²) in [5.41, 5.74) is 0. The molecule has 14 heavy (non-hydrogen) atoms. The van der Waals surface area contributed by atoms with Crippen molar-refractivity contribution in [3.8, 4) is 0 Å². The largest absolute Gasteiger partial charge is 0.465 e. The minimum absolute atomic E-state index is 0.138. The summed E-state index contributed by atoms with van der Waals surface area (Å²) in [7, 11) is 0. The molecule has 0 aliphatic heterocycles. The molecule has 0 radical (unpaired) electrons. The van der Waals surface area contributed by atoms with Crippen molar-refractivity contribution in [2.24, 2.45) is 0 Å². The molecule has 0 saturated carbocycles. The highest BCUT2D eigenvalue weighted by molar-refractivity contribution is 5.71. The number of carbonyl (C=O) groups excluding carboxylic acids is 1. The van der Waals surface area contributed by atoms with Crippen LogP contribution in [-0.4, -0.2) is 36.9 Å². The maximum atomic E-state index is 11.1. The lowest BCUT2D eigenvalue weighted by molar-refractivity contribution is -0.142. The third-order valence-electron chi connectivity index (χ3n) is 1.92. The zero-order valence-corrected chi connectivity index (χ0v) is 9.08. The van der Waals surface area contributed by atoms with Gasteiger partial charge in [0, 0.05) is 12.6 Å². The van der Waals surface area contributed by atoms with Gasteiger partial charge in [-0.15, -0.1) is 0 Å². The molecule has 0 rings (SSSR count). The van der Waals surface area contributed by atoms with E-state index in [2.05, 4.69) is 12.2 Å². The minimum atomic E-state index is -0.219. The van der Waals surface area contributed by atoms with Crippen LogP contribution in [0.4, 0.5) is 0 Å². The Morgan fingerprint density at radius 1 is 1.57 bits per heavy atom. The molecule has 0 spiro atoms. The van der Waals surface area contributed by atoms with E-state index >= 15 is 0 Å². The number of ether oxygens (including phenoxy) is 1.